The van der Waals surface area contributed by atoms with Crippen molar-refractivity contribution < 1.29 is 0 Å². The molecule has 78 valence electrons. The molecular formula is C12H12ClNS. The predicted molar refractivity (Wildman–Crippen MR) is 66.3 cm³/mol. The van der Waals surface area contributed by atoms with Crippen molar-refractivity contribution in [3.8, 4) is 0 Å². The fraction of sp³-hybridized carbons (Fsp3) is 0.167. The molecule has 0 bridgehead atoms. The Kier molecular flexibility index (Phi) is 3.78. The minimum atomic E-state index is 0.830. The lowest BCUT2D eigenvalue weighted by atomic mass is 10.2. The van der Waals surface area contributed by atoms with E-state index in [4.69, 9.17) is 11.6 Å². The van der Waals surface area contributed by atoms with Gasteiger partial charge in [0.05, 0.1) is 5.02 Å². The first-order valence-corrected chi connectivity index (χ1v) is 6.08. The van der Waals surface area contributed by atoms with Gasteiger partial charge in [0.25, 0.3) is 0 Å². The first-order chi connectivity index (χ1) is 7.34. The van der Waals surface area contributed by atoms with Crippen LogP contribution >= 0.6 is 22.9 Å². The van der Waals surface area contributed by atoms with Gasteiger partial charge in [-0.25, -0.2) is 0 Å². The normalized spacial score (nSPS) is 10.5. The van der Waals surface area contributed by atoms with Crippen molar-refractivity contribution in [2.45, 2.75) is 13.1 Å². The van der Waals surface area contributed by atoms with Crippen molar-refractivity contribution in [1.82, 2.24) is 5.32 Å². The summed E-state index contributed by atoms with van der Waals surface area (Å²) in [5.41, 5.74) is 1.31. The second-order valence-corrected chi connectivity index (χ2v) is 4.75. The van der Waals surface area contributed by atoms with Crippen LogP contribution in [0.2, 0.25) is 5.02 Å². The Hall–Kier alpha value is -0.830. The van der Waals surface area contributed by atoms with Crippen LogP contribution in [0.5, 0.6) is 0 Å². The van der Waals surface area contributed by atoms with Crippen molar-refractivity contribution in [1.29, 1.82) is 0 Å². The highest BCUT2D eigenvalue weighted by atomic mass is 35.5. The molecular weight excluding hydrogens is 226 g/mol. The highest BCUT2D eigenvalue weighted by Gasteiger charge is 1.97. The number of halogens is 1. The molecule has 0 fully saturated rings. The maximum atomic E-state index is 5.84. The van der Waals surface area contributed by atoms with Crippen molar-refractivity contribution in [3.63, 3.8) is 0 Å². The van der Waals surface area contributed by atoms with Gasteiger partial charge >= 0.3 is 0 Å². The minimum absolute atomic E-state index is 0.830. The summed E-state index contributed by atoms with van der Waals surface area (Å²) in [6.45, 7) is 1.78. The topological polar surface area (TPSA) is 12.0 Å². The summed E-state index contributed by atoms with van der Waals surface area (Å²) < 4.78 is 0. The lowest BCUT2D eigenvalue weighted by molar-refractivity contribution is 0.701. The van der Waals surface area contributed by atoms with E-state index in [-0.39, 0.29) is 0 Å². The molecule has 3 heteroatoms. The van der Waals surface area contributed by atoms with Crippen LogP contribution in [-0.2, 0) is 13.1 Å². The maximum Gasteiger partial charge on any atom is 0.0516 e. The SMILES string of the molecule is Clc1csc(CNCc2ccccc2)c1. The van der Waals surface area contributed by atoms with Crippen LogP contribution in [0.15, 0.2) is 41.8 Å². The fourth-order valence-corrected chi connectivity index (χ4v) is 2.41. The van der Waals surface area contributed by atoms with Crippen molar-refractivity contribution >= 4 is 22.9 Å². The molecule has 0 unspecified atom stereocenters. The molecule has 0 aliphatic carbocycles. The second-order valence-electron chi connectivity index (χ2n) is 3.32. The summed E-state index contributed by atoms with van der Waals surface area (Å²) in [4.78, 5) is 1.27. The molecule has 2 rings (SSSR count). The number of hydrogen-bond donors (Lipinski definition) is 1. The summed E-state index contributed by atoms with van der Waals surface area (Å²) in [5.74, 6) is 0. The molecule has 0 spiro atoms. The molecule has 0 aliphatic rings. The monoisotopic (exact) mass is 237 g/mol. The summed E-state index contributed by atoms with van der Waals surface area (Å²) in [6, 6.07) is 12.4. The number of rotatable bonds is 4. The average Bonchev–Trinajstić information content (AvgIpc) is 2.66. The zero-order valence-corrected chi connectivity index (χ0v) is 9.81. The van der Waals surface area contributed by atoms with Gasteiger partial charge in [0, 0.05) is 23.3 Å². The lowest BCUT2D eigenvalue weighted by Crippen LogP contribution is -2.11. The number of hydrogen-bond acceptors (Lipinski definition) is 2. The van der Waals surface area contributed by atoms with Gasteiger partial charge in [0.2, 0.25) is 0 Å². The van der Waals surface area contributed by atoms with Gasteiger partial charge in [0.1, 0.15) is 0 Å². The highest BCUT2D eigenvalue weighted by Crippen LogP contribution is 2.18. The molecule has 2 aromatic rings. The second kappa shape index (κ2) is 5.31. The summed E-state index contributed by atoms with van der Waals surface area (Å²) in [6.07, 6.45) is 0. The Balaban J connectivity index is 1.80. The summed E-state index contributed by atoms with van der Waals surface area (Å²) >= 11 is 7.53. The van der Waals surface area contributed by atoms with E-state index in [9.17, 15) is 0 Å². The van der Waals surface area contributed by atoms with E-state index in [0.717, 1.165) is 18.1 Å². The van der Waals surface area contributed by atoms with Crippen LogP contribution < -0.4 is 5.32 Å². The summed E-state index contributed by atoms with van der Waals surface area (Å²) in [7, 11) is 0. The quantitative estimate of drug-likeness (QED) is 0.855. The standard InChI is InChI=1S/C12H12ClNS/c13-11-6-12(15-9-11)8-14-7-10-4-2-1-3-5-10/h1-6,9,14H,7-8H2. The van der Waals surface area contributed by atoms with Gasteiger partial charge < -0.3 is 5.32 Å². The van der Waals surface area contributed by atoms with Gasteiger partial charge in [-0.15, -0.1) is 11.3 Å². The molecule has 0 saturated carbocycles. The molecule has 1 aromatic carbocycles. The Labute approximate surface area is 98.7 Å². The zero-order chi connectivity index (χ0) is 10.5. The van der Waals surface area contributed by atoms with Crippen LogP contribution in [0, 0.1) is 0 Å². The molecule has 1 N–H and O–H groups in total. The number of thiophene rings is 1. The molecule has 1 aromatic heterocycles. The number of benzene rings is 1. The van der Waals surface area contributed by atoms with E-state index in [1.54, 1.807) is 11.3 Å². The first kappa shape index (κ1) is 10.7. The first-order valence-electron chi connectivity index (χ1n) is 4.82. The van der Waals surface area contributed by atoms with Crippen LogP contribution in [0.1, 0.15) is 10.4 Å². The van der Waals surface area contributed by atoms with Crippen LogP contribution in [0.25, 0.3) is 0 Å². The third kappa shape index (κ3) is 3.34. The molecule has 0 aliphatic heterocycles. The molecule has 1 heterocycles. The lowest BCUT2D eigenvalue weighted by Gasteiger charge is -2.02. The van der Waals surface area contributed by atoms with Gasteiger partial charge in [0.15, 0.2) is 0 Å². The Morgan fingerprint density at radius 1 is 1.13 bits per heavy atom. The van der Waals surface area contributed by atoms with E-state index in [2.05, 4.69) is 29.6 Å². The van der Waals surface area contributed by atoms with Crippen LogP contribution in [-0.4, -0.2) is 0 Å². The average molecular weight is 238 g/mol. The third-order valence-corrected chi connectivity index (χ3v) is 3.38. The molecule has 0 atom stereocenters. The Bertz CT molecular complexity index is 411. The number of nitrogens with one attached hydrogen (secondary N) is 1. The van der Waals surface area contributed by atoms with Gasteiger partial charge in [-0.1, -0.05) is 41.9 Å². The molecule has 0 amide bonds. The summed E-state index contributed by atoms with van der Waals surface area (Å²) in [5, 5.41) is 6.17. The molecule has 15 heavy (non-hydrogen) atoms. The minimum Gasteiger partial charge on any atom is -0.308 e. The van der Waals surface area contributed by atoms with E-state index >= 15 is 0 Å². The van der Waals surface area contributed by atoms with Gasteiger partial charge in [-0.3, -0.25) is 0 Å². The van der Waals surface area contributed by atoms with Crippen molar-refractivity contribution in [2.24, 2.45) is 0 Å². The van der Waals surface area contributed by atoms with Gasteiger partial charge in [-0.2, -0.15) is 0 Å². The zero-order valence-electron chi connectivity index (χ0n) is 8.24. The van der Waals surface area contributed by atoms with Crippen molar-refractivity contribution in [2.75, 3.05) is 0 Å². The fourth-order valence-electron chi connectivity index (χ4n) is 1.37. The Morgan fingerprint density at radius 3 is 2.60 bits per heavy atom. The molecule has 0 radical (unpaired) electrons. The van der Waals surface area contributed by atoms with Crippen molar-refractivity contribution in [3.05, 3.63) is 57.2 Å². The van der Waals surface area contributed by atoms with E-state index in [1.807, 2.05) is 17.5 Å². The molecule has 0 saturated heterocycles. The Morgan fingerprint density at radius 2 is 1.93 bits per heavy atom. The van der Waals surface area contributed by atoms with E-state index < -0.39 is 0 Å². The third-order valence-electron chi connectivity index (χ3n) is 2.09. The van der Waals surface area contributed by atoms with E-state index in [0.29, 0.717) is 0 Å². The highest BCUT2D eigenvalue weighted by molar-refractivity contribution is 7.10. The largest absolute Gasteiger partial charge is 0.308 e. The smallest absolute Gasteiger partial charge is 0.0516 e. The van der Waals surface area contributed by atoms with Crippen LogP contribution in [0.4, 0.5) is 0 Å². The van der Waals surface area contributed by atoms with Crippen LogP contribution in [0.3, 0.4) is 0 Å². The predicted octanol–water partition coefficient (Wildman–Crippen LogP) is 3.69. The molecule has 1 nitrogen and oxygen atoms in total. The maximum absolute atomic E-state index is 5.84. The van der Waals surface area contributed by atoms with Gasteiger partial charge in [-0.05, 0) is 11.6 Å². The van der Waals surface area contributed by atoms with E-state index in [1.165, 1.54) is 10.4 Å².